The number of hydrogen-bond acceptors (Lipinski definition) is 4. The van der Waals surface area contributed by atoms with Crippen molar-refractivity contribution >= 4 is 27.5 Å². The van der Waals surface area contributed by atoms with Gasteiger partial charge in [-0.2, -0.15) is 13.2 Å². The van der Waals surface area contributed by atoms with Crippen molar-refractivity contribution in [1.29, 1.82) is 0 Å². The van der Waals surface area contributed by atoms with Crippen molar-refractivity contribution in [2.45, 2.75) is 63.7 Å². The summed E-state index contributed by atoms with van der Waals surface area (Å²) in [6, 6.07) is 25.1. The number of benzene rings is 4. The average Bonchev–Trinajstić information content (AvgIpc) is 3.06. The number of amides is 2. The minimum absolute atomic E-state index is 0.0428. The molecule has 1 atom stereocenters. The summed E-state index contributed by atoms with van der Waals surface area (Å²) in [6.45, 7) is 5.15. The fraction of sp³-hybridized carbons (Fsp3) is 0.297. The van der Waals surface area contributed by atoms with Crippen LogP contribution in [0.1, 0.15) is 47.6 Å². The van der Waals surface area contributed by atoms with Gasteiger partial charge in [-0.3, -0.25) is 13.9 Å². The Kier molecular flexibility index (Phi) is 12.0. The van der Waals surface area contributed by atoms with E-state index in [9.17, 15) is 31.2 Å². The molecule has 0 bridgehead atoms. The first-order valence-electron chi connectivity index (χ1n) is 15.7. The Hall–Kier alpha value is -4.64. The van der Waals surface area contributed by atoms with Crippen molar-refractivity contribution in [3.8, 4) is 0 Å². The molecule has 254 valence electrons. The highest BCUT2D eigenvalue weighted by Crippen LogP contribution is 2.33. The summed E-state index contributed by atoms with van der Waals surface area (Å²) >= 11 is 0. The smallest absolute Gasteiger partial charge is 0.354 e. The van der Waals surface area contributed by atoms with E-state index in [4.69, 9.17) is 0 Å². The van der Waals surface area contributed by atoms with Gasteiger partial charge in [-0.15, -0.1) is 0 Å². The Balaban J connectivity index is 1.83. The molecule has 0 aliphatic carbocycles. The van der Waals surface area contributed by atoms with Crippen LogP contribution >= 0.6 is 0 Å². The van der Waals surface area contributed by atoms with E-state index in [0.717, 1.165) is 35.2 Å². The van der Waals surface area contributed by atoms with Crippen LogP contribution in [0.5, 0.6) is 0 Å². The number of alkyl halides is 3. The van der Waals surface area contributed by atoms with Crippen LogP contribution in [0.3, 0.4) is 0 Å². The van der Waals surface area contributed by atoms with Crippen molar-refractivity contribution in [2.75, 3.05) is 17.4 Å². The van der Waals surface area contributed by atoms with Crippen LogP contribution in [0.25, 0.3) is 0 Å². The van der Waals surface area contributed by atoms with Gasteiger partial charge >= 0.3 is 6.18 Å². The molecule has 0 heterocycles. The number of rotatable bonds is 14. The minimum atomic E-state index is -4.76. The maximum atomic E-state index is 14.5. The van der Waals surface area contributed by atoms with Crippen LogP contribution < -0.4 is 9.62 Å². The van der Waals surface area contributed by atoms with Crippen LogP contribution in [-0.2, 0) is 38.8 Å². The number of nitrogens with zero attached hydrogens (tertiary/aromatic N) is 2. The van der Waals surface area contributed by atoms with E-state index in [-0.39, 0.29) is 23.5 Å². The summed E-state index contributed by atoms with van der Waals surface area (Å²) in [5.74, 6) is -1.17. The van der Waals surface area contributed by atoms with Gasteiger partial charge in [0, 0.05) is 19.5 Å². The first kappa shape index (κ1) is 36.2. The van der Waals surface area contributed by atoms with Crippen LogP contribution in [0.15, 0.2) is 108 Å². The second-order valence-corrected chi connectivity index (χ2v) is 13.6. The molecule has 0 spiro atoms. The number of nitrogens with one attached hydrogen (secondary N) is 1. The highest BCUT2D eigenvalue weighted by Gasteiger charge is 2.36. The molecule has 0 saturated carbocycles. The quantitative estimate of drug-likeness (QED) is 0.145. The molecule has 0 fully saturated rings. The van der Waals surface area contributed by atoms with Gasteiger partial charge in [0.15, 0.2) is 0 Å². The van der Waals surface area contributed by atoms with Crippen LogP contribution in [-0.4, -0.2) is 44.3 Å². The minimum Gasteiger partial charge on any atom is -0.354 e. The monoisotopic (exact) mass is 679 g/mol. The molecule has 7 nitrogen and oxygen atoms in total. The molecule has 4 rings (SSSR count). The van der Waals surface area contributed by atoms with E-state index >= 15 is 0 Å². The van der Waals surface area contributed by atoms with E-state index in [1.165, 1.54) is 23.1 Å². The van der Waals surface area contributed by atoms with Gasteiger partial charge in [0.05, 0.1) is 16.1 Å². The number of anilines is 1. The predicted octanol–water partition coefficient (Wildman–Crippen LogP) is 7.07. The van der Waals surface area contributed by atoms with Crippen LogP contribution in [0.4, 0.5) is 18.9 Å². The number of carbonyl (C=O) groups excluding carboxylic acids is 2. The molecule has 2 amide bonds. The number of halogens is 3. The Labute approximate surface area is 280 Å². The Morgan fingerprint density at radius 2 is 1.44 bits per heavy atom. The molecule has 0 aromatic heterocycles. The van der Waals surface area contributed by atoms with Gasteiger partial charge in [-0.1, -0.05) is 97.3 Å². The van der Waals surface area contributed by atoms with Crippen LogP contribution in [0.2, 0.25) is 0 Å². The topological polar surface area (TPSA) is 86.8 Å². The van der Waals surface area contributed by atoms with E-state index in [0.29, 0.717) is 28.9 Å². The molecule has 1 N–H and O–H groups in total. The highest BCUT2D eigenvalue weighted by atomic mass is 32.2. The fourth-order valence-electron chi connectivity index (χ4n) is 5.15. The van der Waals surface area contributed by atoms with E-state index in [1.807, 2.05) is 68.4 Å². The molecule has 11 heteroatoms. The lowest BCUT2D eigenvalue weighted by molar-refractivity contribution is -0.140. The lowest BCUT2D eigenvalue weighted by Crippen LogP contribution is -2.53. The molecule has 4 aromatic carbocycles. The second kappa shape index (κ2) is 16.0. The summed E-state index contributed by atoms with van der Waals surface area (Å²) in [7, 11) is -4.54. The number of aryl methyl sites for hydroxylation is 2. The molecular weight excluding hydrogens is 639 g/mol. The normalized spacial score (nSPS) is 12.3. The Morgan fingerprint density at radius 1 is 0.812 bits per heavy atom. The number of carbonyl (C=O) groups is 2. The van der Waals surface area contributed by atoms with Gasteiger partial charge < -0.3 is 10.2 Å². The molecular formula is C37H40F3N3O4S. The third-order valence-corrected chi connectivity index (χ3v) is 9.71. The van der Waals surface area contributed by atoms with Gasteiger partial charge in [0.25, 0.3) is 10.0 Å². The van der Waals surface area contributed by atoms with Crippen molar-refractivity contribution in [3.63, 3.8) is 0 Å². The standard InChI is InChI=1S/C37H40F3N3O4S/c1-4-5-22-41-36(45)34(23-29-10-7-6-8-11-29)42(25-30-18-14-27(2)15-19-30)35(44)26-43(32-13-9-12-31(24-32)37(38,39)40)48(46,47)33-20-16-28(3)17-21-33/h6-21,24,34H,4-5,22-23,25-26H2,1-3H3,(H,41,45)/t34-/m1/s1. The van der Waals surface area contributed by atoms with Gasteiger partial charge in [0.1, 0.15) is 12.6 Å². The average molecular weight is 680 g/mol. The second-order valence-electron chi connectivity index (χ2n) is 11.7. The molecule has 0 aliphatic rings. The summed E-state index contributed by atoms with van der Waals surface area (Å²) in [4.78, 5) is 29.4. The number of sulfonamides is 1. The number of hydrogen-bond donors (Lipinski definition) is 1. The summed E-state index contributed by atoms with van der Waals surface area (Å²) < 4.78 is 70.3. The zero-order chi connectivity index (χ0) is 34.9. The lowest BCUT2D eigenvalue weighted by Gasteiger charge is -2.34. The SMILES string of the molecule is CCCCNC(=O)[C@@H](Cc1ccccc1)N(Cc1ccc(C)cc1)C(=O)CN(c1cccc(C(F)(F)F)c1)S(=O)(=O)c1ccc(C)cc1. The molecule has 0 radical (unpaired) electrons. The molecule has 0 aliphatic heterocycles. The van der Waals surface area contributed by atoms with E-state index in [2.05, 4.69) is 5.32 Å². The third kappa shape index (κ3) is 9.47. The Bertz CT molecular complexity index is 1780. The summed E-state index contributed by atoms with van der Waals surface area (Å²) in [5.41, 5.74) is 1.83. The zero-order valence-corrected chi connectivity index (χ0v) is 28.0. The van der Waals surface area contributed by atoms with Crippen molar-refractivity contribution in [3.05, 3.63) is 131 Å². The van der Waals surface area contributed by atoms with Crippen molar-refractivity contribution in [2.24, 2.45) is 0 Å². The predicted molar refractivity (Wildman–Crippen MR) is 181 cm³/mol. The first-order chi connectivity index (χ1) is 22.8. The van der Waals surface area contributed by atoms with Gasteiger partial charge in [-0.05, 0) is 61.7 Å². The molecule has 0 unspecified atom stereocenters. The summed E-state index contributed by atoms with van der Waals surface area (Å²) in [5, 5.41) is 2.91. The van der Waals surface area contributed by atoms with Crippen molar-refractivity contribution in [1.82, 2.24) is 10.2 Å². The first-order valence-corrected chi connectivity index (χ1v) is 17.2. The van der Waals surface area contributed by atoms with Crippen LogP contribution in [0, 0.1) is 13.8 Å². The van der Waals surface area contributed by atoms with E-state index < -0.39 is 46.2 Å². The Morgan fingerprint density at radius 3 is 2.04 bits per heavy atom. The van der Waals surface area contributed by atoms with Crippen molar-refractivity contribution < 1.29 is 31.2 Å². The third-order valence-electron chi connectivity index (χ3n) is 7.92. The molecule has 0 saturated heterocycles. The maximum absolute atomic E-state index is 14.5. The van der Waals surface area contributed by atoms with E-state index in [1.54, 1.807) is 19.1 Å². The zero-order valence-electron chi connectivity index (χ0n) is 27.2. The lowest BCUT2D eigenvalue weighted by atomic mass is 10.0. The maximum Gasteiger partial charge on any atom is 0.416 e. The fourth-order valence-corrected chi connectivity index (χ4v) is 6.56. The molecule has 48 heavy (non-hydrogen) atoms. The summed E-state index contributed by atoms with van der Waals surface area (Å²) in [6.07, 6.45) is -3.08. The highest BCUT2D eigenvalue weighted by molar-refractivity contribution is 7.92. The van der Waals surface area contributed by atoms with Gasteiger partial charge in [-0.25, -0.2) is 8.42 Å². The van der Waals surface area contributed by atoms with Gasteiger partial charge in [0.2, 0.25) is 11.8 Å². The number of unbranched alkanes of at least 4 members (excludes halogenated alkanes) is 1. The largest absolute Gasteiger partial charge is 0.416 e. The molecule has 4 aromatic rings.